The molecule has 2 heterocycles. The number of rotatable bonds is 3. The second kappa shape index (κ2) is 6.39. The number of pyridine rings is 1. The molecule has 0 saturated carbocycles. The highest BCUT2D eigenvalue weighted by atomic mass is 16.3. The van der Waals surface area contributed by atoms with Crippen molar-refractivity contribution in [2.75, 3.05) is 0 Å². The maximum atomic E-state index is 12.4. The van der Waals surface area contributed by atoms with Gasteiger partial charge in [-0.3, -0.25) is 14.6 Å². The molecular formula is C16H17N3O3. The summed E-state index contributed by atoms with van der Waals surface area (Å²) in [4.78, 5) is 27.8. The predicted octanol–water partition coefficient (Wildman–Crippen LogP) is 2.18. The van der Waals surface area contributed by atoms with E-state index in [9.17, 15) is 20.0 Å². The first-order chi connectivity index (χ1) is 10.5. The molecule has 0 bridgehead atoms. The number of fused-ring (bicyclic) bond motifs is 1. The SMILES string of the molecule is CC(=O)/C(C=Nc1cc(C#N)c2n(c1=O)CCCC2)=C(/C)O. The summed E-state index contributed by atoms with van der Waals surface area (Å²) >= 11 is 0. The molecule has 0 unspecified atom stereocenters. The van der Waals surface area contributed by atoms with Gasteiger partial charge in [0.15, 0.2) is 5.78 Å². The fraction of sp³-hybridized carbons (Fsp3) is 0.375. The summed E-state index contributed by atoms with van der Waals surface area (Å²) in [5, 5.41) is 18.7. The second-order valence-electron chi connectivity index (χ2n) is 5.23. The number of allylic oxidation sites excluding steroid dienone is 2. The van der Waals surface area contributed by atoms with Gasteiger partial charge in [0.05, 0.1) is 11.1 Å². The maximum absolute atomic E-state index is 12.4. The molecule has 0 atom stereocenters. The number of hydrogen-bond acceptors (Lipinski definition) is 5. The summed E-state index contributed by atoms with van der Waals surface area (Å²) in [5.41, 5.74) is 1.05. The highest BCUT2D eigenvalue weighted by molar-refractivity contribution is 6.12. The first-order valence-corrected chi connectivity index (χ1v) is 7.07. The lowest BCUT2D eigenvalue weighted by Gasteiger charge is -2.19. The van der Waals surface area contributed by atoms with Crippen molar-refractivity contribution in [2.45, 2.75) is 39.7 Å². The van der Waals surface area contributed by atoms with Crippen LogP contribution in [-0.4, -0.2) is 21.7 Å². The quantitative estimate of drug-likeness (QED) is 0.525. The van der Waals surface area contributed by atoms with Crippen LogP contribution in [0.25, 0.3) is 0 Å². The van der Waals surface area contributed by atoms with Gasteiger partial charge in [0.1, 0.15) is 17.5 Å². The number of aliphatic hydroxyl groups excluding tert-OH is 1. The smallest absolute Gasteiger partial charge is 0.276 e. The molecule has 22 heavy (non-hydrogen) atoms. The van der Waals surface area contributed by atoms with E-state index in [1.165, 1.54) is 26.1 Å². The first-order valence-electron chi connectivity index (χ1n) is 7.07. The number of hydrogen-bond donors (Lipinski definition) is 1. The topological polar surface area (TPSA) is 95.5 Å². The van der Waals surface area contributed by atoms with E-state index in [-0.39, 0.29) is 28.4 Å². The van der Waals surface area contributed by atoms with Crippen LogP contribution < -0.4 is 5.56 Å². The fourth-order valence-corrected chi connectivity index (χ4v) is 2.52. The number of aromatic nitrogens is 1. The lowest BCUT2D eigenvalue weighted by atomic mass is 10.0. The Morgan fingerprint density at radius 2 is 2.18 bits per heavy atom. The van der Waals surface area contributed by atoms with E-state index in [1.807, 2.05) is 0 Å². The summed E-state index contributed by atoms with van der Waals surface area (Å²) in [6.45, 7) is 3.26. The highest BCUT2D eigenvalue weighted by Crippen LogP contribution is 2.20. The average molecular weight is 299 g/mol. The van der Waals surface area contributed by atoms with E-state index in [1.54, 1.807) is 4.57 Å². The predicted molar refractivity (Wildman–Crippen MR) is 82.5 cm³/mol. The van der Waals surface area contributed by atoms with Gasteiger partial charge in [0.25, 0.3) is 5.56 Å². The summed E-state index contributed by atoms with van der Waals surface area (Å²) in [7, 11) is 0. The van der Waals surface area contributed by atoms with Crippen molar-refractivity contribution in [3.05, 3.63) is 39.0 Å². The zero-order chi connectivity index (χ0) is 16.3. The van der Waals surface area contributed by atoms with E-state index >= 15 is 0 Å². The molecule has 1 aromatic heterocycles. The molecule has 1 aliphatic heterocycles. The standard InChI is InChI=1S/C16H17N3O3/c1-10(20)13(11(2)21)9-18-14-7-12(8-17)15-5-3-4-6-19(15)16(14)22/h7,9,20H,3-6H2,1-2H3/b13-10-,18-9?. The summed E-state index contributed by atoms with van der Waals surface area (Å²) < 4.78 is 1.58. The lowest BCUT2D eigenvalue weighted by Crippen LogP contribution is -2.27. The molecule has 1 aromatic rings. The van der Waals surface area contributed by atoms with E-state index in [0.29, 0.717) is 18.5 Å². The van der Waals surface area contributed by atoms with Crippen LogP contribution in [-0.2, 0) is 17.8 Å². The van der Waals surface area contributed by atoms with Gasteiger partial charge in [0, 0.05) is 18.5 Å². The molecule has 0 amide bonds. The Hall–Kier alpha value is -2.68. The van der Waals surface area contributed by atoms with Crippen LogP contribution in [0.1, 0.15) is 37.9 Å². The van der Waals surface area contributed by atoms with Gasteiger partial charge in [-0.1, -0.05) is 0 Å². The van der Waals surface area contributed by atoms with Crippen molar-refractivity contribution < 1.29 is 9.90 Å². The van der Waals surface area contributed by atoms with Crippen LogP contribution in [0, 0.1) is 11.3 Å². The third-order valence-electron chi connectivity index (χ3n) is 3.65. The minimum Gasteiger partial charge on any atom is -0.512 e. The Kier molecular flexibility index (Phi) is 4.56. The molecule has 1 aliphatic rings. The Morgan fingerprint density at radius 3 is 2.77 bits per heavy atom. The number of Topliss-reactive ketones (excluding diaryl/α,β-unsaturated/α-hetero) is 1. The van der Waals surface area contributed by atoms with Gasteiger partial charge in [0.2, 0.25) is 0 Å². The Morgan fingerprint density at radius 1 is 1.45 bits per heavy atom. The maximum Gasteiger partial charge on any atom is 0.276 e. The molecule has 2 rings (SSSR count). The fourth-order valence-electron chi connectivity index (χ4n) is 2.52. The van der Waals surface area contributed by atoms with Gasteiger partial charge < -0.3 is 9.67 Å². The molecule has 0 aliphatic carbocycles. The van der Waals surface area contributed by atoms with Crippen molar-refractivity contribution >= 4 is 17.7 Å². The third-order valence-corrected chi connectivity index (χ3v) is 3.65. The van der Waals surface area contributed by atoms with Crippen molar-refractivity contribution in [3.8, 4) is 6.07 Å². The number of nitrogens with zero attached hydrogens (tertiary/aromatic N) is 3. The molecule has 6 nitrogen and oxygen atoms in total. The van der Waals surface area contributed by atoms with Gasteiger partial charge in [-0.15, -0.1) is 0 Å². The number of nitriles is 1. The average Bonchev–Trinajstić information content (AvgIpc) is 2.49. The number of aliphatic hydroxyl groups is 1. The molecule has 0 saturated heterocycles. The summed E-state index contributed by atoms with van der Waals surface area (Å²) in [6, 6.07) is 3.54. The van der Waals surface area contributed by atoms with Crippen LogP contribution in [0.2, 0.25) is 0 Å². The molecule has 0 aromatic carbocycles. The minimum absolute atomic E-state index is 0.0422. The van der Waals surface area contributed by atoms with Crippen molar-refractivity contribution in [1.29, 1.82) is 5.26 Å². The van der Waals surface area contributed by atoms with Gasteiger partial charge >= 0.3 is 0 Å². The zero-order valence-corrected chi connectivity index (χ0v) is 12.6. The third kappa shape index (κ3) is 2.98. The van der Waals surface area contributed by atoms with Crippen molar-refractivity contribution in [3.63, 3.8) is 0 Å². The van der Waals surface area contributed by atoms with Crippen LogP contribution in [0.4, 0.5) is 5.69 Å². The zero-order valence-electron chi connectivity index (χ0n) is 12.6. The lowest BCUT2D eigenvalue weighted by molar-refractivity contribution is -0.113. The molecule has 0 spiro atoms. The van der Waals surface area contributed by atoms with Crippen molar-refractivity contribution in [2.24, 2.45) is 4.99 Å². The molecule has 6 heteroatoms. The monoisotopic (exact) mass is 299 g/mol. The van der Waals surface area contributed by atoms with Gasteiger partial charge in [-0.25, -0.2) is 0 Å². The van der Waals surface area contributed by atoms with Crippen molar-refractivity contribution in [1.82, 2.24) is 4.57 Å². The van der Waals surface area contributed by atoms with Crippen LogP contribution >= 0.6 is 0 Å². The van der Waals surface area contributed by atoms with Gasteiger partial charge in [-0.2, -0.15) is 5.26 Å². The second-order valence-corrected chi connectivity index (χ2v) is 5.23. The number of carbonyl (C=O) groups excluding carboxylic acids is 1. The van der Waals surface area contributed by atoms with E-state index in [0.717, 1.165) is 18.5 Å². The Balaban J connectivity index is 2.54. The van der Waals surface area contributed by atoms with E-state index in [2.05, 4.69) is 11.1 Å². The molecule has 0 radical (unpaired) electrons. The van der Waals surface area contributed by atoms with Crippen LogP contribution in [0.15, 0.2) is 27.2 Å². The number of aliphatic imine (C=N–C) groups is 1. The first kappa shape index (κ1) is 15.7. The van der Waals surface area contributed by atoms with Gasteiger partial charge in [-0.05, 0) is 39.2 Å². The highest BCUT2D eigenvalue weighted by Gasteiger charge is 2.17. The summed E-state index contributed by atoms with van der Waals surface area (Å²) in [6.07, 6.45) is 3.72. The minimum atomic E-state index is -0.345. The van der Waals surface area contributed by atoms with E-state index < -0.39 is 0 Å². The Labute approximate surface area is 128 Å². The number of ketones is 1. The molecule has 1 N–H and O–H groups in total. The normalized spacial score (nSPS) is 15.1. The molecule has 114 valence electrons. The van der Waals surface area contributed by atoms with Crippen LogP contribution in [0.3, 0.4) is 0 Å². The molecule has 0 fully saturated rings. The Bertz CT molecular complexity index is 775. The summed E-state index contributed by atoms with van der Waals surface area (Å²) in [5.74, 6) is -0.503. The van der Waals surface area contributed by atoms with E-state index in [4.69, 9.17) is 0 Å². The number of carbonyl (C=O) groups is 1. The van der Waals surface area contributed by atoms with Crippen LogP contribution in [0.5, 0.6) is 0 Å². The molecular weight excluding hydrogens is 282 g/mol. The largest absolute Gasteiger partial charge is 0.512 e.